The van der Waals surface area contributed by atoms with Gasteiger partial charge in [-0.15, -0.1) is 0 Å². The van der Waals surface area contributed by atoms with E-state index in [-0.39, 0.29) is 5.54 Å². The van der Waals surface area contributed by atoms with E-state index in [2.05, 4.69) is 6.58 Å². The zero-order valence-electron chi connectivity index (χ0n) is 7.67. The van der Waals surface area contributed by atoms with E-state index in [0.717, 1.165) is 11.1 Å². The molecule has 0 bridgehead atoms. The molecule has 12 heavy (non-hydrogen) atoms. The average Bonchev–Trinajstić information content (AvgIpc) is 2.03. The van der Waals surface area contributed by atoms with Crippen LogP contribution in [0.5, 0.6) is 0 Å². The summed E-state index contributed by atoms with van der Waals surface area (Å²) in [6, 6.07) is 8.13. The first-order valence-electron chi connectivity index (χ1n) is 4.06. The highest BCUT2D eigenvalue weighted by Gasteiger charge is 2.12. The molecule has 1 aromatic carbocycles. The second-order valence-electron chi connectivity index (χ2n) is 3.55. The lowest BCUT2D eigenvalue weighted by atomic mass is 9.95. The third-order valence-electron chi connectivity index (χ3n) is 1.89. The molecule has 1 heteroatoms. The van der Waals surface area contributed by atoms with Gasteiger partial charge in [0, 0.05) is 5.54 Å². The molecule has 0 aliphatic rings. The molecule has 1 rings (SSSR count). The van der Waals surface area contributed by atoms with E-state index in [1.165, 1.54) is 0 Å². The predicted octanol–water partition coefficient (Wildman–Crippen LogP) is 2.52. The average molecular weight is 161 g/mol. The van der Waals surface area contributed by atoms with E-state index in [1.54, 1.807) is 0 Å². The quantitative estimate of drug-likeness (QED) is 0.708. The van der Waals surface area contributed by atoms with Crippen molar-refractivity contribution in [2.75, 3.05) is 0 Å². The molecule has 0 heterocycles. The van der Waals surface area contributed by atoms with Crippen LogP contribution in [-0.4, -0.2) is 0 Å². The van der Waals surface area contributed by atoms with E-state index in [9.17, 15) is 0 Å². The van der Waals surface area contributed by atoms with Crippen molar-refractivity contribution in [3.8, 4) is 0 Å². The normalized spacial score (nSPS) is 11.2. The summed E-state index contributed by atoms with van der Waals surface area (Å²) in [4.78, 5) is 0. The lowest BCUT2D eigenvalue weighted by Crippen LogP contribution is -2.28. The molecule has 0 aliphatic heterocycles. The molecular formula is C11H15N. The molecule has 0 radical (unpaired) electrons. The van der Waals surface area contributed by atoms with Gasteiger partial charge in [-0.3, -0.25) is 0 Å². The van der Waals surface area contributed by atoms with E-state index < -0.39 is 0 Å². The predicted molar refractivity (Wildman–Crippen MR) is 53.7 cm³/mol. The first kappa shape index (κ1) is 9.01. The van der Waals surface area contributed by atoms with Crippen molar-refractivity contribution in [2.45, 2.75) is 19.4 Å². The van der Waals surface area contributed by atoms with Crippen LogP contribution in [0, 0.1) is 0 Å². The molecule has 2 N–H and O–H groups in total. The standard InChI is InChI=1S/C11H15N/c1-4-9-5-7-10(8-6-9)11(2,3)12/h4-8H,1,12H2,2-3H3. The summed E-state index contributed by atoms with van der Waals surface area (Å²) < 4.78 is 0. The Labute approximate surface area is 73.9 Å². The molecular weight excluding hydrogens is 146 g/mol. The summed E-state index contributed by atoms with van der Waals surface area (Å²) in [7, 11) is 0. The summed E-state index contributed by atoms with van der Waals surface area (Å²) in [6.45, 7) is 7.68. The summed E-state index contributed by atoms with van der Waals surface area (Å²) in [5, 5.41) is 0. The van der Waals surface area contributed by atoms with Crippen LogP contribution in [0.1, 0.15) is 25.0 Å². The highest BCUT2D eigenvalue weighted by atomic mass is 14.7. The maximum Gasteiger partial charge on any atom is 0.0352 e. The van der Waals surface area contributed by atoms with Crippen LogP contribution in [0.15, 0.2) is 30.8 Å². The fraction of sp³-hybridized carbons (Fsp3) is 0.273. The molecule has 64 valence electrons. The molecule has 0 amide bonds. The van der Waals surface area contributed by atoms with Crippen LogP contribution in [0.4, 0.5) is 0 Å². The molecule has 0 saturated heterocycles. The van der Waals surface area contributed by atoms with E-state index in [1.807, 2.05) is 44.2 Å². The third-order valence-corrected chi connectivity index (χ3v) is 1.89. The minimum atomic E-state index is -0.250. The van der Waals surface area contributed by atoms with Gasteiger partial charge in [-0.2, -0.15) is 0 Å². The van der Waals surface area contributed by atoms with Crippen molar-refractivity contribution in [3.05, 3.63) is 42.0 Å². The Kier molecular flexibility index (Phi) is 2.34. The third kappa shape index (κ3) is 1.95. The van der Waals surface area contributed by atoms with Gasteiger partial charge in [-0.05, 0) is 25.0 Å². The summed E-state index contributed by atoms with van der Waals surface area (Å²) in [5.41, 5.74) is 7.95. The van der Waals surface area contributed by atoms with Gasteiger partial charge in [0.05, 0.1) is 0 Å². The largest absolute Gasteiger partial charge is 0.322 e. The zero-order valence-corrected chi connectivity index (χ0v) is 7.67. The minimum absolute atomic E-state index is 0.250. The van der Waals surface area contributed by atoms with Gasteiger partial charge in [-0.1, -0.05) is 36.9 Å². The summed E-state index contributed by atoms with van der Waals surface area (Å²) in [6.07, 6.45) is 1.83. The van der Waals surface area contributed by atoms with Gasteiger partial charge in [0.15, 0.2) is 0 Å². The van der Waals surface area contributed by atoms with Gasteiger partial charge in [0.25, 0.3) is 0 Å². The van der Waals surface area contributed by atoms with E-state index >= 15 is 0 Å². The van der Waals surface area contributed by atoms with Crippen molar-refractivity contribution in [2.24, 2.45) is 5.73 Å². The van der Waals surface area contributed by atoms with Gasteiger partial charge < -0.3 is 5.73 Å². The van der Waals surface area contributed by atoms with Gasteiger partial charge in [-0.25, -0.2) is 0 Å². The Balaban J connectivity index is 3.00. The van der Waals surface area contributed by atoms with Gasteiger partial charge in [0.2, 0.25) is 0 Å². The number of nitrogens with two attached hydrogens (primary N) is 1. The smallest absolute Gasteiger partial charge is 0.0352 e. The number of hydrogen-bond acceptors (Lipinski definition) is 1. The fourth-order valence-electron chi connectivity index (χ4n) is 1.05. The Morgan fingerprint density at radius 1 is 1.25 bits per heavy atom. The van der Waals surface area contributed by atoms with Crippen molar-refractivity contribution in [1.82, 2.24) is 0 Å². The molecule has 0 aromatic heterocycles. The first-order chi connectivity index (χ1) is 5.54. The Hall–Kier alpha value is -1.08. The minimum Gasteiger partial charge on any atom is -0.322 e. The highest BCUT2D eigenvalue weighted by molar-refractivity contribution is 5.47. The lowest BCUT2D eigenvalue weighted by Gasteiger charge is -2.18. The molecule has 0 spiro atoms. The van der Waals surface area contributed by atoms with E-state index in [0.29, 0.717) is 0 Å². The number of benzene rings is 1. The van der Waals surface area contributed by atoms with Gasteiger partial charge >= 0.3 is 0 Å². The zero-order chi connectivity index (χ0) is 9.19. The Morgan fingerprint density at radius 3 is 2.08 bits per heavy atom. The summed E-state index contributed by atoms with van der Waals surface area (Å²) in [5.74, 6) is 0. The second kappa shape index (κ2) is 3.11. The van der Waals surface area contributed by atoms with Crippen LogP contribution in [0.3, 0.4) is 0 Å². The Morgan fingerprint density at radius 2 is 1.75 bits per heavy atom. The molecule has 0 atom stereocenters. The SMILES string of the molecule is C=Cc1ccc(C(C)(C)N)cc1. The first-order valence-corrected chi connectivity index (χ1v) is 4.06. The van der Waals surface area contributed by atoms with Crippen molar-refractivity contribution in [1.29, 1.82) is 0 Å². The van der Waals surface area contributed by atoms with Crippen LogP contribution in [0.2, 0.25) is 0 Å². The van der Waals surface area contributed by atoms with Crippen molar-refractivity contribution in [3.63, 3.8) is 0 Å². The molecule has 0 saturated carbocycles. The van der Waals surface area contributed by atoms with E-state index in [4.69, 9.17) is 5.73 Å². The molecule has 1 nitrogen and oxygen atoms in total. The molecule has 0 fully saturated rings. The van der Waals surface area contributed by atoms with Crippen LogP contribution < -0.4 is 5.73 Å². The molecule has 0 aliphatic carbocycles. The topological polar surface area (TPSA) is 26.0 Å². The van der Waals surface area contributed by atoms with Crippen molar-refractivity contribution < 1.29 is 0 Å². The second-order valence-corrected chi connectivity index (χ2v) is 3.55. The summed E-state index contributed by atoms with van der Waals surface area (Å²) >= 11 is 0. The number of rotatable bonds is 2. The Bertz CT molecular complexity index is 264. The molecule has 0 unspecified atom stereocenters. The van der Waals surface area contributed by atoms with Crippen LogP contribution in [0.25, 0.3) is 6.08 Å². The fourth-order valence-corrected chi connectivity index (χ4v) is 1.05. The van der Waals surface area contributed by atoms with Gasteiger partial charge in [0.1, 0.15) is 0 Å². The lowest BCUT2D eigenvalue weighted by molar-refractivity contribution is 0.554. The van der Waals surface area contributed by atoms with Crippen LogP contribution >= 0.6 is 0 Å². The van der Waals surface area contributed by atoms with Crippen molar-refractivity contribution >= 4 is 6.08 Å². The number of hydrogen-bond donors (Lipinski definition) is 1. The molecule has 1 aromatic rings. The highest BCUT2D eigenvalue weighted by Crippen LogP contribution is 2.17. The maximum absolute atomic E-state index is 5.92. The van der Waals surface area contributed by atoms with Crippen LogP contribution in [-0.2, 0) is 5.54 Å². The monoisotopic (exact) mass is 161 g/mol. The maximum atomic E-state index is 5.92.